The lowest BCUT2D eigenvalue weighted by molar-refractivity contribution is -0.117. The highest BCUT2D eigenvalue weighted by molar-refractivity contribution is 6.06. The number of carbonyl (C=O) groups is 4. The van der Waals surface area contributed by atoms with E-state index in [4.69, 9.17) is 26.5 Å². The van der Waals surface area contributed by atoms with Crippen molar-refractivity contribution in [1.29, 1.82) is 0 Å². The molecular formula is C40H51N13O4. The fraction of sp³-hybridized carbons (Fsp3) is 0.400. The standard InChI is InChI=1S/C39H47N13O4.CH4/c1-5-51-34-26(24(3)47-51)12-7-6-8-19-52-31(20-23(2)46-52)36(55)44-39-43-33-29(48(4)32(53)22-40)13-11-14-30(33)50(39)18-10-9-17-49-28-16-15-25(35(41)54)21-27(28)42-38(49)45-37(34)56;/h11,13-16,20-21H,5-10,12,17-19,22,40H2,1-4H3,(H2,41,54)(H,42,45,56)(H,43,44,55);1H4. The van der Waals surface area contributed by atoms with E-state index >= 15 is 0 Å². The monoisotopic (exact) mass is 777 g/mol. The summed E-state index contributed by atoms with van der Waals surface area (Å²) in [5, 5.41) is 15.5. The summed E-state index contributed by atoms with van der Waals surface area (Å²) in [5.74, 6) is -0.836. The van der Waals surface area contributed by atoms with Crippen LogP contribution in [0.1, 0.15) is 94.7 Å². The highest BCUT2D eigenvalue weighted by Gasteiger charge is 2.25. The lowest BCUT2D eigenvalue weighted by Gasteiger charge is -2.17. The van der Waals surface area contributed by atoms with Crippen molar-refractivity contribution in [3.8, 4) is 0 Å². The highest BCUT2D eigenvalue weighted by atomic mass is 16.2. The maximum Gasteiger partial charge on any atom is 0.276 e. The van der Waals surface area contributed by atoms with Gasteiger partial charge in [-0.25, -0.2) is 9.97 Å². The molecule has 300 valence electrons. The summed E-state index contributed by atoms with van der Waals surface area (Å²) in [5.41, 5.74) is 18.0. The molecule has 0 aliphatic carbocycles. The number of hydrogen-bond donors (Lipinski definition) is 4. The molecule has 0 fully saturated rings. The Morgan fingerprint density at radius 1 is 0.860 bits per heavy atom. The number of nitrogens with two attached hydrogens (primary N) is 2. The maximum atomic E-state index is 14.2. The van der Waals surface area contributed by atoms with Gasteiger partial charge in [-0.15, -0.1) is 0 Å². The molecule has 1 aliphatic rings. The van der Waals surface area contributed by atoms with E-state index in [1.807, 2.05) is 42.0 Å². The summed E-state index contributed by atoms with van der Waals surface area (Å²) in [7, 11) is 1.65. The van der Waals surface area contributed by atoms with Crippen molar-refractivity contribution in [3.63, 3.8) is 0 Å². The van der Waals surface area contributed by atoms with Crippen molar-refractivity contribution in [2.45, 2.75) is 92.9 Å². The molecule has 1 aliphatic heterocycles. The number of nitrogens with one attached hydrogen (secondary N) is 2. The maximum absolute atomic E-state index is 14.2. The number of hydrogen-bond acceptors (Lipinski definition) is 9. The molecule has 7 rings (SSSR count). The van der Waals surface area contributed by atoms with Crippen LogP contribution in [0.25, 0.3) is 22.1 Å². The van der Waals surface area contributed by atoms with Gasteiger partial charge in [0.05, 0.1) is 40.2 Å². The number of imidazole rings is 2. The van der Waals surface area contributed by atoms with Gasteiger partial charge in [0.25, 0.3) is 11.8 Å². The van der Waals surface area contributed by atoms with Crippen LogP contribution in [0.3, 0.4) is 0 Å². The number of anilines is 3. The minimum Gasteiger partial charge on any atom is -0.366 e. The van der Waals surface area contributed by atoms with E-state index < -0.39 is 5.91 Å². The van der Waals surface area contributed by atoms with Gasteiger partial charge in [-0.3, -0.25) is 39.2 Å². The van der Waals surface area contributed by atoms with Gasteiger partial charge < -0.3 is 25.5 Å². The average Bonchev–Trinajstić information content (AvgIpc) is 3.92. The van der Waals surface area contributed by atoms with Crippen molar-refractivity contribution in [3.05, 3.63) is 76.4 Å². The SMILES string of the molecule is C.CCn1nc(C)c2c1C(=O)Nc1nc3cc(C(N)=O)ccc3n1CCCCn1c(nc3c(N(C)C(=O)CN)cccc31)NC(=O)c1cc(C)nn1CCCCC2. The second kappa shape index (κ2) is 16.8. The third kappa shape index (κ3) is 7.87. The van der Waals surface area contributed by atoms with E-state index in [0.717, 1.165) is 47.2 Å². The number of fused-ring (bicyclic) bond motifs is 8. The second-order valence-corrected chi connectivity index (χ2v) is 14.1. The second-order valence-electron chi connectivity index (χ2n) is 14.1. The first kappa shape index (κ1) is 40.3. The van der Waals surface area contributed by atoms with Crippen molar-refractivity contribution >= 4 is 63.3 Å². The molecule has 0 unspecified atom stereocenters. The largest absolute Gasteiger partial charge is 0.366 e. The topological polar surface area (TPSA) is 219 Å². The highest BCUT2D eigenvalue weighted by Crippen LogP contribution is 2.30. The number of aryl methyl sites for hydroxylation is 6. The van der Waals surface area contributed by atoms with Crippen molar-refractivity contribution in [2.24, 2.45) is 11.5 Å². The van der Waals surface area contributed by atoms with Crippen molar-refractivity contribution in [2.75, 3.05) is 29.1 Å². The Labute approximate surface area is 330 Å². The molecule has 4 aromatic heterocycles. The quantitative estimate of drug-likeness (QED) is 0.193. The predicted octanol–water partition coefficient (Wildman–Crippen LogP) is 4.78. The zero-order chi connectivity index (χ0) is 39.7. The minimum atomic E-state index is -0.574. The zero-order valence-electron chi connectivity index (χ0n) is 32.1. The first-order chi connectivity index (χ1) is 27.0. The van der Waals surface area contributed by atoms with Gasteiger partial charge in [0.2, 0.25) is 23.7 Å². The Morgan fingerprint density at radius 2 is 1.56 bits per heavy atom. The minimum absolute atomic E-state index is 0. The summed E-state index contributed by atoms with van der Waals surface area (Å²) >= 11 is 0. The van der Waals surface area contributed by atoms with Gasteiger partial charge >= 0.3 is 0 Å². The van der Waals surface area contributed by atoms with Gasteiger partial charge in [-0.2, -0.15) is 10.2 Å². The Morgan fingerprint density at radius 3 is 2.28 bits per heavy atom. The van der Waals surface area contributed by atoms with E-state index in [9.17, 15) is 19.2 Å². The zero-order valence-corrected chi connectivity index (χ0v) is 32.1. The average molecular weight is 778 g/mol. The third-order valence-corrected chi connectivity index (χ3v) is 10.4. The van der Waals surface area contributed by atoms with Crippen LogP contribution < -0.4 is 27.0 Å². The van der Waals surface area contributed by atoms with Crippen LogP contribution in [-0.2, 0) is 37.4 Å². The van der Waals surface area contributed by atoms with Gasteiger partial charge in [-0.05, 0) is 89.3 Å². The van der Waals surface area contributed by atoms with Crippen LogP contribution in [0.5, 0.6) is 0 Å². The van der Waals surface area contributed by atoms with E-state index in [2.05, 4.69) is 15.7 Å². The molecule has 4 amide bonds. The first-order valence-corrected chi connectivity index (χ1v) is 19.0. The molecule has 0 spiro atoms. The van der Waals surface area contributed by atoms with E-state index in [-0.39, 0.29) is 31.7 Å². The number of carbonyl (C=O) groups excluding carboxylic acids is 4. The molecular weight excluding hydrogens is 727 g/mol. The number of para-hydroxylation sites is 1. The fourth-order valence-corrected chi connectivity index (χ4v) is 7.51. The molecule has 17 nitrogen and oxygen atoms in total. The van der Waals surface area contributed by atoms with Crippen LogP contribution in [0, 0.1) is 13.8 Å². The van der Waals surface area contributed by atoms with Crippen LogP contribution in [0.2, 0.25) is 0 Å². The van der Waals surface area contributed by atoms with E-state index in [1.165, 1.54) is 4.90 Å². The summed E-state index contributed by atoms with van der Waals surface area (Å²) in [6, 6.07) is 12.4. The Kier molecular flexibility index (Phi) is 11.9. The number of aromatic nitrogens is 8. The fourth-order valence-electron chi connectivity index (χ4n) is 7.51. The van der Waals surface area contributed by atoms with Gasteiger partial charge in [0, 0.05) is 44.4 Å². The molecule has 2 aromatic carbocycles. The van der Waals surface area contributed by atoms with Crippen LogP contribution in [-0.4, -0.2) is 75.9 Å². The summed E-state index contributed by atoms with van der Waals surface area (Å²) in [4.78, 5) is 64.0. The Bertz CT molecular complexity index is 2490. The van der Waals surface area contributed by atoms with Gasteiger partial charge in [-0.1, -0.05) is 19.9 Å². The number of benzene rings is 2. The third-order valence-electron chi connectivity index (χ3n) is 10.4. The molecule has 5 heterocycles. The number of likely N-dealkylation sites (N-methyl/N-ethyl adjacent to an activating group) is 1. The van der Waals surface area contributed by atoms with Crippen LogP contribution >= 0.6 is 0 Å². The van der Waals surface area contributed by atoms with Gasteiger partial charge in [0.1, 0.15) is 16.9 Å². The summed E-state index contributed by atoms with van der Waals surface area (Å²) < 4.78 is 7.34. The molecule has 0 radical (unpaired) electrons. The number of nitrogens with zero attached hydrogens (tertiary/aromatic N) is 9. The first-order valence-electron chi connectivity index (χ1n) is 19.0. The molecule has 0 saturated carbocycles. The van der Waals surface area contributed by atoms with Gasteiger partial charge in [0.15, 0.2) is 0 Å². The number of rotatable bonds is 4. The van der Waals surface area contributed by atoms with Crippen molar-refractivity contribution < 1.29 is 19.2 Å². The molecule has 6 N–H and O–H groups in total. The van der Waals surface area contributed by atoms with E-state index in [0.29, 0.717) is 91.0 Å². The molecule has 0 bridgehead atoms. The number of amides is 4. The normalized spacial score (nSPS) is 14.3. The summed E-state index contributed by atoms with van der Waals surface area (Å²) in [6.45, 7) is 7.52. The molecule has 6 aromatic rings. The van der Waals surface area contributed by atoms with E-state index in [1.54, 1.807) is 46.7 Å². The predicted molar refractivity (Wildman–Crippen MR) is 219 cm³/mol. The molecule has 57 heavy (non-hydrogen) atoms. The van der Waals surface area contributed by atoms with Crippen molar-refractivity contribution in [1.82, 2.24) is 38.7 Å². The van der Waals surface area contributed by atoms with Crippen LogP contribution in [0.4, 0.5) is 17.6 Å². The molecule has 0 atom stereocenters. The smallest absolute Gasteiger partial charge is 0.276 e. The molecule has 17 heteroatoms. The lowest BCUT2D eigenvalue weighted by Crippen LogP contribution is -2.32. The number of primary amides is 1. The Balaban J connectivity index is 0.00000549. The summed E-state index contributed by atoms with van der Waals surface area (Å²) in [6.07, 6.45) is 4.27. The lowest BCUT2D eigenvalue weighted by atomic mass is 10.0. The van der Waals surface area contributed by atoms with Crippen LogP contribution in [0.15, 0.2) is 42.5 Å². The Hall–Kier alpha value is -6.36. The molecule has 0 saturated heterocycles.